The molecule has 3 nitrogen and oxygen atoms in total. The van der Waals surface area contributed by atoms with Gasteiger partial charge in [-0.25, -0.2) is 0 Å². The third-order valence-corrected chi connectivity index (χ3v) is 3.43. The number of H-pyrrole nitrogens is 1. The first-order valence-electron chi connectivity index (χ1n) is 6.21. The Balaban J connectivity index is 0.00000120. The van der Waals surface area contributed by atoms with Gasteiger partial charge in [0.25, 0.3) is 0 Å². The fourth-order valence-electron chi connectivity index (χ4n) is 2.49. The standard InChI is InChI=1S/C14H16N2O.ClH/c17-14-7-4-11-10-12(5-6-13(11)15-14)16-8-2-1-3-9-16;/h4-7,10H,1-3,8-9H2,(H,15,17);1H. The topological polar surface area (TPSA) is 36.1 Å². The number of aromatic amines is 1. The van der Waals surface area contributed by atoms with Crippen LogP contribution in [-0.2, 0) is 0 Å². The van der Waals surface area contributed by atoms with Crippen molar-refractivity contribution in [2.45, 2.75) is 19.3 Å². The summed E-state index contributed by atoms with van der Waals surface area (Å²) in [6, 6.07) is 9.74. The largest absolute Gasteiger partial charge is 0.372 e. The van der Waals surface area contributed by atoms with Gasteiger partial charge in [0.05, 0.1) is 0 Å². The number of hydrogen-bond donors (Lipinski definition) is 1. The SMILES string of the molecule is Cl.O=c1ccc2cc(N3CCCCC3)ccc2[nH]1. The van der Waals surface area contributed by atoms with E-state index >= 15 is 0 Å². The van der Waals surface area contributed by atoms with Crippen LogP contribution in [0, 0.1) is 0 Å². The second-order valence-corrected chi connectivity index (χ2v) is 4.64. The third kappa shape index (κ3) is 2.51. The van der Waals surface area contributed by atoms with Crippen LogP contribution in [0.1, 0.15) is 19.3 Å². The van der Waals surface area contributed by atoms with Crippen molar-refractivity contribution in [2.24, 2.45) is 0 Å². The number of benzene rings is 1. The van der Waals surface area contributed by atoms with Crippen LogP contribution >= 0.6 is 12.4 Å². The van der Waals surface area contributed by atoms with Crippen LogP contribution in [0.25, 0.3) is 10.9 Å². The van der Waals surface area contributed by atoms with Gasteiger partial charge in [0.15, 0.2) is 0 Å². The Morgan fingerprint density at radius 3 is 2.56 bits per heavy atom. The van der Waals surface area contributed by atoms with E-state index in [1.165, 1.54) is 24.9 Å². The van der Waals surface area contributed by atoms with E-state index < -0.39 is 0 Å². The summed E-state index contributed by atoms with van der Waals surface area (Å²) in [5.74, 6) is 0. The van der Waals surface area contributed by atoms with E-state index in [4.69, 9.17) is 0 Å². The molecule has 2 heterocycles. The molecule has 4 heteroatoms. The molecule has 0 bridgehead atoms. The molecule has 1 aromatic heterocycles. The van der Waals surface area contributed by atoms with Crippen LogP contribution in [0.2, 0.25) is 0 Å². The lowest BCUT2D eigenvalue weighted by molar-refractivity contribution is 0.578. The van der Waals surface area contributed by atoms with Crippen LogP contribution in [0.15, 0.2) is 35.1 Å². The number of piperidine rings is 1. The summed E-state index contributed by atoms with van der Waals surface area (Å²) in [5, 5.41) is 1.10. The quantitative estimate of drug-likeness (QED) is 0.860. The number of halogens is 1. The zero-order chi connectivity index (χ0) is 11.7. The maximum atomic E-state index is 11.2. The minimum Gasteiger partial charge on any atom is -0.372 e. The highest BCUT2D eigenvalue weighted by atomic mass is 35.5. The lowest BCUT2D eigenvalue weighted by atomic mass is 10.1. The number of anilines is 1. The van der Waals surface area contributed by atoms with Gasteiger partial charge in [-0.1, -0.05) is 0 Å². The molecule has 0 saturated carbocycles. The van der Waals surface area contributed by atoms with Crippen molar-refractivity contribution in [2.75, 3.05) is 18.0 Å². The normalized spacial score (nSPS) is 15.4. The van der Waals surface area contributed by atoms with Crippen molar-refractivity contribution in [3.05, 3.63) is 40.7 Å². The molecule has 1 aromatic carbocycles. The highest BCUT2D eigenvalue weighted by Gasteiger charge is 2.10. The van der Waals surface area contributed by atoms with Gasteiger partial charge in [0, 0.05) is 35.7 Å². The average molecular weight is 265 g/mol. The molecule has 96 valence electrons. The maximum absolute atomic E-state index is 11.2. The molecule has 0 aliphatic carbocycles. The molecule has 3 rings (SSSR count). The molecule has 1 aliphatic heterocycles. The number of fused-ring (bicyclic) bond motifs is 1. The van der Waals surface area contributed by atoms with E-state index in [0.29, 0.717) is 0 Å². The molecule has 0 unspecified atom stereocenters. The van der Waals surface area contributed by atoms with E-state index in [0.717, 1.165) is 24.0 Å². The van der Waals surface area contributed by atoms with Crippen LogP contribution in [-0.4, -0.2) is 18.1 Å². The molecule has 1 N–H and O–H groups in total. The van der Waals surface area contributed by atoms with Crippen molar-refractivity contribution in [1.82, 2.24) is 4.98 Å². The van der Waals surface area contributed by atoms with E-state index in [1.807, 2.05) is 12.1 Å². The predicted molar refractivity (Wildman–Crippen MR) is 77.9 cm³/mol. The summed E-state index contributed by atoms with van der Waals surface area (Å²) in [6.07, 6.45) is 3.91. The minimum atomic E-state index is -0.0387. The van der Waals surface area contributed by atoms with E-state index in [-0.39, 0.29) is 18.0 Å². The Kier molecular flexibility index (Phi) is 3.92. The first-order valence-corrected chi connectivity index (χ1v) is 6.21. The zero-order valence-corrected chi connectivity index (χ0v) is 11.0. The lowest BCUT2D eigenvalue weighted by Gasteiger charge is -2.28. The summed E-state index contributed by atoms with van der Waals surface area (Å²) in [6.45, 7) is 2.30. The third-order valence-electron chi connectivity index (χ3n) is 3.43. The fraction of sp³-hybridized carbons (Fsp3) is 0.357. The van der Waals surface area contributed by atoms with Crippen LogP contribution in [0.4, 0.5) is 5.69 Å². The highest BCUT2D eigenvalue weighted by molar-refractivity contribution is 5.85. The van der Waals surface area contributed by atoms with Crippen molar-refractivity contribution in [3.8, 4) is 0 Å². The van der Waals surface area contributed by atoms with Crippen LogP contribution < -0.4 is 10.5 Å². The van der Waals surface area contributed by atoms with Crippen LogP contribution in [0.3, 0.4) is 0 Å². The molecule has 0 amide bonds. The van der Waals surface area contributed by atoms with Gasteiger partial charge in [-0.2, -0.15) is 0 Å². The molecule has 1 aliphatic rings. The van der Waals surface area contributed by atoms with Crippen LogP contribution in [0.5, 0.6) is 0 Å². The van der Waals surface area contributed by atoms with Gasteiger partial charge in [0.1, 0.15) is 0 Å². The average Bonchev–Trinajstić information content (AvgIpc) is 2.39. The second-order valence-electron chi connectivity index (χ2n) is 4.64. The first kappa shape index (κ1) is 13.0. The fourth-order valence-corrected chi connectivity index (χ4v) is 2.49. The first-order chi connectivity index (χ1) is 8.33. The van der Waals surface area contributed by atoms with Gasteiger partial charge in [-0.05, 0) is 43.5 Å². The number of nitrogens with one attached hydrogen (secondary N) is 1. The number of nitrogens with zero attached hydrogens (tertiary/aromatic N) is 1. The van der Waals surface area contributed by atoms with Gasteiger partial charge in [-0.15, -0.1) is 12.4 Å². The Hall–Kier alpha value is -1.48. The summed E-state index contributed by atoms with van der Waals surface area (Å²) >= 11 is 0. The van der Waals surface area contributed by atoms with E-state index in [2.05, 4.69) is 22.0 Å². The van der Waals surface area contributed by atoms with Gasteiger partial charge in [-0.3, -0.25) is 4.79 Å². The molecular weight excluding hydrogens is 248 g/mol. The Morgan fingerprint density at radius 1 is 1.00 bits per heavy atom. The molecule has 18 heavy (non-hydrogen) atoms. The molecule has 0 atom stereocenters. The summed E-state index contributed by atoms with van der Waals surface area (Å²) in [7, 11) is 0. The van der Waals surface area contributed by atoms with Crippen molar-refractivity contribution in [3.63, 3.8) is 0 Å². The van der Waals surface area contributed by atoms with E-state index in [1.54, 1.807) is 6.07 Å². The highest BCUT2D eigenvalue weighted by Crippen LogP contribution is 2.23. The Labute approximate surface area is 112 Å². The Bertz CT molecular complexity index is 588. The summed E-state index contributed by atoms with van der Waals surface area (Å²) < 4.78 is 0. The van der Waals surface area contributed by atoms with Crippen molar-refractivity contribution < 1.29 is 0 Å². The number of hydrogen-bond acceptors (Lipinski definition) is 2. The summed E-state index contributed by atoms with van der Waals surface area (Å²) in [4.78, 5) is 16.5. The smallest absolute Gasteiger partial charge is 0.248 e. The maximum Gasteiger partial charge on any atom is 0.248 e. The molecular formula is C14H17ClN2O. The molecule has 1 fully saturated rings. The Morgan fingerprint density at radius 2 is 1.78 bits per heavy atom. The van der Waals surface area contributed by atoms with E-state index in [9.17, 15) is 4.79 Å². The predicted octanol–water partition coefficient (Wildman–Crippen LogP) is 2.94. The zero-order valence-electron chi connectivity index (χ0n) is 10.2. The monoisotopic (exact) mass is 264 g/mol. The molecule has 2 aromatic rings. The number of rotatable bonds is 1. The molecule has 1 saturated heterocycles. The minimum absolute atomic E-state index is 0. The lowest BCUT2D eigenvalue weighted by Crippen LogP contribution is -2.29. The molecule has 0 spiro atoms. The van der Waals surface area contributed by atoms with Gasteiger partial charge >= 0.3 is 0 Å². The van der Waals surface area contributed by atoms with Crippen molar-refractivity contribution in [1.29, 1.82) is 0 Å². The van der Waals surface area contributed by atoms with Gasteiger partial charge in [0.2, 0.25) is 5.56 Å². The number of aromatic nitrogens is 1. The molecule has 0 radical (unpaired) electrons. The summed E-state index contributed by atoms with van der Waals surface area (Å²) in [5.41, 5.74) is 2.14. The van der Waals surface area contributed by atoms with Gasteiger partial charge < -0.3 is 9.88 Å². The van der Waals surface area contributed by atoms with Crippen molar-refractivity contribution >= 4 is 29.0 Å². The second kappa shape index (κ2) is 5.44. The number of pyridine rings is 1.